The van der Waals surface area contributed by atoms with E-state index in [2.05, 4.69) is 5.32 Å². The first-order valence-electron chi connectivity index (χ1n) is 5.54. The van der Waals surface area contributed by atoms with Crippen LogP contribution in [0.1, 0.15) is 31.9 Å². The van der Waals surface area contributed by atoms with Gasteiger partial charge < -0.3 is 5.32 Å². The van der Waals surface area contributed by atoms with Gasteiger partial charge in [-0.1, -0.05) is 23.7 Å². The van der Waals surface area contributed by atoms with E-state index in [4.69, 9.17) is 11.6 Å². The maximum atomic E-state index is 11.6. The highest BCUT2D eigenvalue weighted by molar-refractivity contribution is 6.31. The molecule has 0 heterocycles. The standard InChI is InChI=1S/C14H18ClNO/c1-10-5-6-11(9-12(10)15)7-8-13(17)16-14(2,3)4/h5-9H,1-4H3,(H,16,17)/b8-7+. The van der Waals surface area contributed by atoms with Crippen molar-refractivity contribution in [3.05, 3.63) is 40.4 Å². The quantitative estimate of drug-likeness (QED) is 0.800. The lowest BCUT2D eigenvalue weighted by atomic mass is 10.1. The molecule has 1 rings (SSSR count). The van der Waals surface area contributed by atoms with Gasteiger partial charge in [-0.3, -0.25) is 4.79 Å². The smallest absolute Gasteiger partial charge is 0.244 e. The predicted octanol–water partition coefficient (Wildman–Crippen LogP) is 3.58. The van der Waals surface area contributed by atoms with Crippen molar-refractivity contribution in [2.24, 2.45) is 0 Å². The van der Waals surface area contributed by atoms with Crippen LogP contribution in [0.25, 0.3) is 6.08 Å². The first-order valence-corrected chi connectivity index (χ1v) is 5.92. The number of hydrogen-bond acceptors (Lipinski definition) is 1. The van der Waals surface area contributed by atoms with Crippen molar-refractivity contribution >= 4 is 23.6 Å². The molecule has 3 heteroatoms. The molecule has 0 aromatic heterocycles. The zero-order chi connectivity index (χ0) is 13.1. The van der Waals surface area contributed by atoms with Gasteiger partial charge in [-0.15, -0.1) is 0 Å². The number of nitrogens with one attached hydrogen (secondary N) is 1. The van der Waals surface area contributed by atoms with Gasteiger partial charge >= 0.3 is 0 Å². The summed E-state index contributed by atoms with van der Waals surface area (Å²) in [6.45, 7) is 7.78. The van der Waals surface area contributed by atoms with Crippen LogP contribution in [-0.4, -0.2) is 11.4 Å². The number of carbonyl (C=O) groups is 1. The summed E-state index contributed by atoms with van der Waals surface area (Å²) in [7, 11) is 0. The second kappa shape index (κ2) is 5.37. The zero-order valence-electron chi connectivity index (χ0n) is 10.7. The van der Waals surface area contributed by atoms with Crippen molar-refractivity contribution < 1.29 is 4.79 Å². The summed E-state index contributed by atoms with van der Waals surface area (Å²) in [4.78, 5) is 11.6. The number of rotatable bonds is 2. The minimum absolute atomic E-state index is 0.103. The third kappa shape index (κ3) is 5.05. The van der Waals surface area contributed by atoms with Gasteiger partial charge in [0.05, 0.1) is 0 Å². The summed E-state index contributed by atoms with van der Waals surface area (Å²) < 4.78 is 0. The predicted molar refractivity (Wildman–Crippen MR) is 73.1 cm³/mol. The number of carbonyl (C=O) groups excluding carboxylic acids is 1. The average Bonchev–Trinajstić information content (AvgIpc) is 2.17. The van der Waals surface area contributed by atoms with E-state index in [-0.39, 0.29) is 11.4 Å². The van der Waals surface area contributed by atoms with Crippen molar-refractivity contribution in [3.63, 3.8) is 0 Å². The van der Waals surface area contributed by atoms with Crippen LogP contribution in [0, 0.1) is 6.92 Å². The van der Waals surface area contributed by atoms with E-state index in [9.17, 15) is 4.79 Å². The van der Waals surface area contributed by atoms with E-state index < -0.39 is 0 Å². The van der Waals surface area contributed by atoms with Crippen LogP contribution in [-0.2, 0) is 4.79 Å². The van der Waals surface area contributed by atoms with Crippen molar-refractivity contribution in [3.8, 4) is 0 Å². The molecular formula is C14H18ClNO. The van der Waals surface area contributed by atoms with Gasteiger partial charge in [0.25, 0.3) is 0 Å². The minimum Gasteiger partial charge on any atom is -0.348 e. The molecule has 0 radical (unpaired) electrons. The van der Waals surface area contributed by atoms with Crippen molar-refractivity contribution in [2.75, 3.05) is 0 Å². The molecule has 0 unspecified atom stereocenters. The Morgan fingerprint density at radius 3 is 2.53 bits per heavy atom. The fourth-order valence-electron chi connectivity index (χ4n) is 1.30. The van der Waals surface area contributed by atoms with E-state index in [0.717, 1.165) is 11.1 Å². The van der Waals surface area contributed by atoms with E-state index in [1.54, 1.807) is 6.08 Å². The Balaban J connectivity index is 2.71. The molecule has 0 aliphatic heterocycles. The molecule has 1 aromatic carbocycles. The fourth-order valence-corrected chi connectivity index (χ4v) is 1.48. The Labute approximate surface area is 108 Å². The van der Waals surface area contributed by atoms with Gasteiger partial charge in [0.15, 0.2) is 0 Å². The van der Waals surface area contributed by atoms with Crippen LogP contribution in [0.4, 0.5) is 0 Å². The third-order valence-electron chi connectivity index (χ3n) is 2.12. The van der Waals surface area contributed by atoms with E-state index >= 15 is 0 Å². The first kappa shape index (κ1) is 13.8. The van der Waals surface area contributed by atoms with Crippen molar-refractivity contribution in [2.45, 2.75) is 33.2 Å². The summed E-state index contributed by atoms with van der Waals surface area (Å²) in [6.07, 6.45) is 3.28. The monoisotopic (exact) mass is 251 g/mol. The lowest BCUT2D eigenvalue weighted by molar-refractivity contribution is -0.117. The minimum atomic E-state index is -0.216. The highest BCUT2D eigenvalue weighted by Crippen LogP contribution is 2.17. The molecule has 1 aromatic rings. The van der Waals surface area contributed by atoms with E-state index in [0.29, 0.717) is 5.02 Å². The lowest BCUT2D eigenvalue weighted by Gasteiger charge is -2.18. The Bertz CT molecular complexity index is 444. The number of benzene rings is 1. The largest absolute Gasteiger partial charge is 0.348 e. The molecule has 2 nitrogen and oxygen atoms in total. The van der Waals surface area contributed by atoms with E-state index in [1.807, 2.05) is 45.9 Å². The third-order valence-corrected chi connectivity index (χ3v) is 2.53. The van der Waals surface area contributed by atoms with Crippen molar-refractivity contribution in [1.29, 1.82) is 0 Å². The molecule has 17 heavy (non-hydrogen) atoms. The highest BCUT2D eigenvalue weighted by atomic mass is 35.5. The average molecular weight is 252 g/mol. The summed E-state index contributed by atoms with van der Waals surface area (Å²) >= 11 is 6.00. The van der Waals surface area contributed by atoms with Crippen molar-refractivity contribution in [1.82, 2.24) is 5.32 Å². The van der Waals surface area contributed by atoms with Crippen LogP contribution >= 0.6 is 11.6 Å². The van der Waals surface area contributed by atoms with Crippen LogP contribution in [0.5, 0.6) is 0 Å². The Morgan fingerprint density at radius 1 is 1.35 bits per heavy atom. The molecule has 0 bridgehead atoms. The molecule has 1 amide bonds. The molecule has 0 saturated carbocycles. The Hall–Kier alpha value is -1.28. The Morgan fingerprint density at radius 2 is 2.00 bits per heavy atom. The van der Waals surface area contributed by atoms with Gasteiger partial charge in [-0.2, -0.15) is 0 Å². The number of hydrogen-bond donors (Lipinski definition) is 1. The highest BCUT2D eigenvalue weighted by Gasteiger charge is 2.10. The zero-order valence-corrected chi connectivity index (χ0v) is 11.4. The molecule has 0 fully saturated rings. The molecule has 0 aliphatic rings. The number of aryl methyl sites for hydroxylation is 1. The van der Waals surface area contributed by atoms with Crippen LogP contribution in [0.2, 0.25) is 5.02 Å². The molecule has 0 atom stereocenters. The summed E-state index contributed by atoms with van der Waals surface area (Å²) in [6, 6.07) is 5.71. The maximum Gasteiger partial charge on any atom is 0.244 e. The van der Waals surface area contributed by atoms with Gasteiger partial charge in [0, 0.05) is 16.6 Å². The maximum absolute atomic E-state index is 11.6. The van der Waals surface area contributed by atoms with Gasteiger partial charge in [-0.25, -0.2) is 0 Å². The van der Waals surface area contributed by atoms with Gasteiger partial charge in [0.2, 0.25) is 5.91 Å². The first-order chi connectivity index (χ1) is 7.78. The molecule has 1 N–H and O–H groups in total. The molecule has 0 saturated heterocycles. The lowest BCUT2D eigenvalue weighted by Crippen LogP contribution is -2.39. The van der Waals surface area contributed by atoms with Crippen LogP contribution in [0.3, 0.4) is 0 Å². The summed E-state index contributed by atoms with van der Waals surface area (Å²) in [5, 5.41) is 3.57. The fraction of sp³-hybridized carbons (Fsp3) is 0.357. The Kier molecular flexibility index (Phi) is 4.35. The van der Waals surface area contributed by atoms with E-state index in [1.165, 1.54) is 6.08 Å². The van der Waals surface area contributed by atoms with Crippen LogP contribution in [0.15, 0.2) is 24.3 Å². The second-order valence-corrected chi connectivity index (χ2v) is 5.49. The number of halogens is 1. The van der Waals surface area contributed by atoms with Crippen LogP contribution < -0.4 is 5.32 Å². The second-order valence-electron chi connectivity index (χ2n) is 5.08. The normalized spacial score (nSPS) is 11.8. The van der Waals surface area contributed by atoms with Gasteiger partial charge in [0.1, 0.15) is 0 Å². The molecule has 0 aliphatic carbocycles. The molecular weight excluding hydrogens is 234 g/mol. The number of amides is 1. The summed E-state index contributed by atoms with van der Waals surface area (Å²) in [5.74, 6) is -0.103. The molecule has 92 valence electrons. The SMILES string of the molecule is Cc1ccc(/C=C/C(=O)NC(C)(C)C)cc1Cl. The van der Waals surface area contributed by atoms with Gasteiger partial charge in [-0.05, 0) is 51.0 Å². The summed E-state index contributed by atoms with van der Waals surface area (Å²) in [5.41, 5.74) is 1.74. The molecule has 0 spiro atoms. The topological polar surface area (TPSA) is 29.1 Å².